The van der Waals surface area contributed by atoms with Crippen LogP contribution in [0.3, 0.4) is 0 Å². The van der Waals surface area contributed by atoms with E-state index in [1.54, 1.807) is 0 Å². The fourth-order valence-corrected chi connectivity index (χ4v) is 4.01. The number of hydrogen-bond donors (Lipinski definition) is 1. The first-order valence-corrected chi connectivity index (χ1v) is 7.74. The van der Waals surface area contributed by atoms with Crippen molar-refractivity contribution in [2.75, 3.05) is 33.7 Å². The third-order valence-electron chi connectivity index (χ3n) is 5.16. The van der Waals surface area contributed by atoms with Gasteiger partial charge in [0.25, 0.3) is 0 Å². The van der Waals surface area contributed by atoms with Gasteiger partial charge in [-0.1, -0.05) is 0 Å². The summed E-state index contributed by atoms with van der Waals surface area (Å²) < 4.78 is 5.91. The van der Waals surface area contributed by atoms with Crippen LogP contribution in [0.4, 0.5) is 0 Å². The summed E-state index contributed by atoms with van der Waals surface area (Å²) in [5, 5.41) is 0. The van der Waals surface area contributed by atoms with Crippen LogP contribution in [0.25, 0.3) is 0 Å². The van der Waals surface area contributed by atoms with Gasteiger partial charge in [-0.25, -0.2) is 0 Å². The number of rotatable bonds is 3. The van der Waals surface area contributed by atoms with Crippen molar-refractivity contribution in [2.45, 2.75) is 63.3 Å². The van der Waals surface area contributed by atoms with Gasteiger partial charge in [0.1, 0.15) is 0 Å². The molecular weight excluding hydrogens is 238 g/mol. The molecule has 0 aliphatic carbocycles. The smallest absolute Gasteiger partial charge is 0.0568 e. The highest BCUT2D eigenvalue weighted by Gasteiger charge is 2.43. The van der Waals surface area contributed by atoms with E-state index in [2.05, 4.69) is 37.7 Å². The number of hydrogen-bond acceptors (Lipinski definition) is 4. The van der Waals surface area contributed by atoms with Gasteiger partial charge in [0.05, 0.1) is 12.2 Å². The maximum absolute atomic E-state index is 6.19. The lowest BCUT2D eigenvalue weighted by atomic mass is 9.81. The van der Waals surface area contributed by atoms with Crippen LogP contribution in [0, 0.1) is 0 Å². The molecule has 0 bridgehead atoms. The van der Waals surface area contributed by atoms with Crippen molar-refractivity contribution in [2.24, 2.45) is 5.73 Å². The summed E-state index contributed by atoms with van der Waals surface area (Å²) in [5.41, 5.74) is 6.33. The summed E-state index contributed by atoms with van der Waals surface area (Å²) in [6, 6.07) is 0.678. The Hall–Kier alpha value is -0.160. The van der Waals surface area contributed by atoms with Crippen molar-refractivity contribution in [1.82, 2.24) is 9.80 Å². The second kappa shape index (κ2) is 6.08. The highest BCUT2D eigenvalue weighted by atomic mass is 16.5. The summed E-state index contributed by atoms with van der Waals surface area (Å²) in [4.78, 5) is 5.02. The summed E-state index contributed by atoms with van der Waals surface area (Å²) in [5.74, 6) is 0. The number of ether oxygens (including phenoxy) is 1. The molecule has 2 aliphatic heterocycles. The minimum atomic E-state index is 0.137. The van der Waals surface area contributed by atoms with Gasteiger partial charge in [0.2, 0.25) is 0 Å². The molecule has 2 saturated heterocycles. The monoisotopic (exact) mass is 269 g/mol. The molecule has 4 heteroatoms. The van der Waals surface area contributed by atoms with E-state index < -0.39 is 0 Å². The number of likely N-dealkylation sites (tertiary alicyclic amines) is 1. The Bertz CT molecular complexity index is 279. The van der Waals surface area contributed by atoms with Crippen LogP contribution in [0.15, 0.2) is 0 Å². The molecule has 4 nitrogen and oxygen atoms in total. The lowest BCUT2D eigenvalue weighted by molar-refractivity contribution is -0.110. The van der Waals surface area contributed by atoms with E-state index >= 15 is 0 Å². The molecule has 0 radical (unpaired) electrons. The van der Waals surface area contributed by atoms with E-state index in [0.717, 1.165) is 19.4 Å². The molecule has 0 amide bonds. The van der Waals surface area contributed by atoms with Crippen LogP contribution in [0.2, 0.25) is 0 Å². The van der Waals surface area contributed by atoms with Crippen LogP contribution in [0.1, 0.15) is 39.5 Å². The second-order valence-corrected chi connectivity index (χ2v) is 6.74. The largest absolute Gasteiger partial charge is 0.375 e. The molecule has 2 rings (SSSR count). The summed E-state index contributed by atoms with van der Waals surface area (Å²) >= 11 is 0. The fourth-order valence-electron chi connectivity index (χ4n) is 4.01. The third kappa shape index (κ3) is 3.30. The first-order chi connectivity index (χ1) is 8.97. The average molecular weight is 269 g/mol. The Kier molecular flexibility index (Phi) is 4.88. The van der Waals surface area contributed by atoms with Crippen LogP contribution in [-0.2, 0) is 4.74 Å². The predicted octanol–water partition coefficient (Wildman–Crippen LogP) is 1.30. The molecule has 2 unspecified atom stereocenters. The minimum Gasteiger partial charge on any atom is -0.375 e. The molecule has 2 aliphatic rings. The minimum absolute atomic E-state index is 0.137. The van der Waals surface area contributed by atoms with Crippen LogP contribution in [-0.4, -0.2) is 67.3 Å². The lowest BCUT2D eigenvalue weighted by Gasteiger charge is -2.52. The van der Waals surface area contributed by atoms with E-state index in [-0.39, 0.29) is 5.54 Å². The summed E-state index contributed by atoms with van der Waals surface area (Å²) in [6.45, 7) is 7.52. The zero-order chi connectivity index (χ0) is 14.0. The van der Waals surface area contributed by atoms with Gasteiger partial charge in [-0.05, 0) is 66.7 Å². The molecule has 0 aromatic carbocycles. The highest BCUT2D eigenvalue weighted by molar-refractivity contribution is 4.99. The highest BCUT2D eigenvalue weighted by Crippen LogP contribution is 2.35. The molecule has 112 valence electrons. The molecule has 0 spiro atoms. The van der Waals surface area contributed by atoms with Gasteiger partial charge >= 0.3 is 0 Å². The topological polar surface area (TPSA) is 41.7 Å². The Morgan fingerprint density at radius 3 is 2.21 bits per heavy atom. The van der Waals surface area contributed by atoms with E-state index in [4.69, 9.17) is 10.5 Å². The van der Waals surface area contributed by atoms with Gasteiger partial charge in [-0.3, -0.25) is 4.90 Å². The number of nitrogens with zero attached hydrogens (tertiary/aromatic N) is 2. The zero-order valence-corrected chi connectivity index (χ0v) is 13.1. The lowest BCUT2D eigenvalue weighted by Crippen LogP contribution is -2.62. The van der Waals surface area contributed by atoms with E-state index in [0.29, 0.717) is 18.2 Å². The predicted molar refractivity (Wildman–Crippen MR) is 79.3 cm³/mol. The van der Waals surface area contributed by atoms with Crippen LogP contribution in [0.5, 0.6) is 0 Å². The van der Waals surface area contributed by atoms with Gasteiger partial charge < -0.3 is 15.4 Å². The average Bonchev–Trinajstić information content (AvgIpc) is 2.37. The normalized spacial score (nSPS) is 38.8. The van der Waals surface area contributed by atoms with Gasteiger partial charge in [0.15, 0.2) is 0 Å². The molecule has 0 aromatic heterocycles. The van der Waals surface area contributed by atoms with Gasteiger partial charge in [-0.2, -0.15) is 0 Å². The summed E-state index contributed by atoms with van der Waals surface area (Å²) in [7, 11) is 4.50. The molecule has 19 heavy (non-hydrogen) atoms. The Labute approximate surface area is 118 Å². The maximum atomic E-state index is 6.19. The first kappa shape index (κ1) is 15.2. The molecule has 0 saturated carbocycles. The van der Waals surface area contributed by atoms with Crippen molar-refractivity contribution in [3.63, 3.8) is 0 Å². The first-order valence-electron chi connectivity index (χ1n) is 7.74. The Balaban J connectivity index is 2.07. The standard InChI is InChI=1S/C15H31N3O/c1-12-9-15(11-16,10-13(2)19-12)18(4)14-5-7-17(3)8-6-14/h12-14H,5-11,16H2,1-4H3. The van der Waals surface area contributed by atoms with Crippen molar-refractivity contribution < 1.29 is 4.74 Å². The maximum Gasteiger partial charge on any atom is 0.0568 e. The quantitative estimate of drug-likeness (QED) is 0.838. The van der Waals surface area contributed by atoms with Crippen molar-refractivity contribution in [3.8, 4) is 0 Å². The number of piperidine rings is 1. The Morgan fingerprint density at radius 2 is 1.74 bits per heavy atom. The van der Waals surface area contributed by atoms with Gasteiger partial charge in [0, 0.05) is 18.1 Å². The molecule has 2 N–H and O–H groups in total. The molecule has 2 atom stereocenters. The molecule has 0 aromatic rings. The van der Waals surface area contributed by atoms with Gasteiger partial charge in [-0.15, -0.1) is 0 Å². The van der Waals surface area contributed by atoms with E-state index in [9.17, 15) is 0 Å². The van der Waals surface area contributed by atoms with Crippen molar-refractivity contribution in [1.29, 1.82) is 0 Å². The third-order valence-corrected chi connectivity index (χ3v) is 5.16. The zero-order valence-electron chi connectivity index (χ0n) is 13.1. The number of likely N-dealkylation sites (N-methyl/N-ethyl adjacent to an activating group) is 1. The summed E-state index contributed by atoms with van der Waals surface area (Å²) in [6.07, 6.45) is 5.30. The van der Waals surface area contributed by atoms with Crippen LogP contribution < -0.4 is 5.73 Å². The van der Waals surface area contributed by atoms with Crippen molar-refractivity contribution in [3.05, 3.63) is 0 Å². The number of nitrogens with two attached hydrogens (primary N) is 1. The van der Waals surface area contributed by atoms with Crippen molar-refractivity contribution >= 4 is 0 Å². The second-order valence-electron chi connectivity index (χ2n) is 6.74. The molecule has 2 fully saturated rings. The Morgan fingerprint density at radius 1 is 1.21 bits per heavy atom. The molecular formula is C15H31N3O. The van der Waals surface area contributed by atoms with Crippen LogP contribution >= 0.6 is 0 Å². The molecule has 2 heterocycles. The van der Waals surface area contributed by atoms with E-state index in [1.165, 1.54) is 25.9 Å². The fraction of sp³-hybridized carbons (Fsp3) is 1.00. The van der Waals surface area contributed by atoms with E-state index in [1.807, 2.05) is 0 Å². The SMILES string of the molecule is CC1CC(CN)(N(C)C2CCN(C)CC2)CC(C)O1.